The van der Waals surface area contributed by atoms with Gasteiger partial charge in [-0.3, -0.25) is 4.79 Å². The molecule has 36 heavy (non-hydrogen) atoms. The van der Waals surface area contributed by atoms with E-state index in [1.54, 1.807) is 11.2 Å². The van der Waals surface area contributed by atoms with Crippen LogP contribution in [0, 0.1) is 5.92 Å². The number of aromatic amines is 1. The van der Waals surface area contributed by atoms with Crippen LogP contribution < -0.4 is 11.1 Å². The van der Waals surface area contributed by atoms with Gasteiger partial charge in [0.25, 0.3) is 5.91 Å². The molecule has 1 saturated heterocycles. The van der Waals surface area contributed by atoms with Crippen LogP contribution in [0.5, 0.6) is 0 Å². The number of hydrogen-bond donors (Lipinski definition) is 3. The van der Waals surface area contributed by atoms with E-state index in [9.17, 15) is 13.2 Å². The Morgan fingerprint density at radius 2 is 1.86 bits per heavy atom. The third kappa shape index (κ3) is 5.51. The first-order chi connectivity index (χ1) is 17.1. The van der Waals surface area contributed by atoms with Gasteiger partial charge >= 0.3 is 0 Å². The Labute approximate surface area is 214 Å². The predicted octanol–water partition coefficient (Wildman–Crippen LogP) is 4.77. The number of nitrogens with two attached hydrogens (primary N) is 1. The minimum absolute atomic E-state index is 0.126. The minimum Gasteiger partial charge on any atom is -0.366 e. The van der Waals surface area contributed by atoms with Crippen molar-refractivity contribution in [3.05, 3.63) is 59.3 Å². The monoisotopic (exact) mass is 510 g/mol. The van der Waals surface area contributed by atoms with Gasteiger partial charge in [0.15, 0.2) is 0 Å². The molecule has 0 spiro atoms. The number of nitrogens with one attached hydrogen (secondary N) is 2. The highest BCUT2D eigenvalue weighted by Gasteiger charge is 2.29. The maximum absolute atomic E-state index is 12.4. The molecule has 1 amide bonds. The van der Waals surface area contributed by atoms with E-state index in [2.05, 4.69) is 55.3 Å². The molecule has 1 aliphatic heterocycles. The highest BCUT2D eigenvalue weighted by atomic mass is 32.2. The molecule has 1 unspecified atom stereocenters. The lowest BCUT2D eigenvalue weighted by Gasteiger charge is -2.31. The first kappa shape index (κ1) is 26.4. The second kappa shape index (κ2) is 10.7. The molecule has 4 N–H and O–H groups in total. The van der Waals surface area contributed by atoms with Gasteiger partial charge in [0.05, 0.1) is 16.8 Å². The first-order valence-electron chi connectivity index (χ1n) is 12.9. The number of carbonyl (C=O) groups is 1. The van der Waals surface area contributed by atoms with Crippen molar-refractivity contribution in [1.82, 2.24) is 14.6 Å². The lowest BCUT2D eigenvalue weighted by Crippen LogP contribution is -2.38. The van der Waals surface area contributed by atoms with Crippen molar-refractivity contribution in [3.8, 4) is 11.1 Å². The summed E-state index contributed by atoms with van der Waals surface area (Å²) >= 11 is 0. The second-order valence-electron chi connectivity index (χ2n) is 10.3. The van der Waals surface area contributed by atoms with Crippen molar-refractivity contribution in [3.63, 3.8) is 0 Å². The predicted molar refractivity (Wildman–Crippen MR) is 147 cm³/mol. The van der Waals surface area contributed by atoms with Gasteiger partial charge < -0.3 is 16.0 Å². The summed E-state index contributed by atoms with van der Waals surface area (Å²) in [4.78, 5) is 15.7. The minimum atomic E-state index is -3.18. The lowest BCUT2D eigenvalue weighted by molar-refractivity contribution is 0.100. The van der Waals surface area contributed by atoms with Gasteiger partial charge in [-0.05, 0) is 85.5 Å². The number of benzene rings is 2. The number of nitrogens with zero attached hydrogens (tertiary/aromatic N) is 1. The van der Waals surface area contributed by atoms with Crippen LogP contribution in [0.1, 0.15) is 74.0 Å². The van der Waals surface area contributed by atoms with Gasteiger partial charge in [0, 0.05) is 30.7 Å². The SMILES string of the molecule is CCS(=O)(=O)N1CCC(c2c[nH]c3c(C(N)=O)cc(-c4cccc(C(C)NCC(C)C)c4)cc23)CC1. The van der Waals surface area contributed by atoms with Gasteiger partial charge in [-0.2, -0.15) is 0 Å². The molecule has 0 aliphatic carbocycles. The molecule has 2 heterocycles. The fourth-order valence-corrected chi connectivity index (χ4v) is 6.23. The van der Waals surface area contributed by atoms with Gasteiger partial charge in [0.2, 0.25) is 10.0 Å². The van der Waals surface area contributed by atoms with E-state index in [1.807, 2.05) is 18.3 Å². The highest BCUT2D eigenvalue weighted by molar-refractivity contribution is 7.89. The van der Waals surface area contributed by atoms with E-state index >= 15 is 0 Å². The number of piperidine rings is 1. The Hall–Kier alpha value is -2.68. The van der Waals surface area contributed by atoms with Crippen molar-refractivity contribution >= 4 is 26.8 Å². The third-order valence-corrected chi connectivity index (χ3v) is 9.17. The molecule has 0 radical (unpaired) electrons. The second-order valence-corrected chi connectivity index (χ2v) is 12.5. The molecule has 0 bridgehead atoms. The van der Waals surface area contributed by atoms with Crippen LogP contribution in [-0.4, -0.2) is 49.0 Å². The van der Waals surface area contributed by atoms with Crippen molar-refractivity contribution in [2.24, 2.45) is 11.7 Å². The van der Waals surface area contributed by atoms with Crippen LogP contribution >= 0.6 is 0 Å². The van der Waals surface area contributed by atoms with Crippen LogP contribution in [0.25, 0.3) is 22.0 Å². The quantitative estimate of drug-likeness (QED) is 0.385. The first-order valence-corrected chi connectivity index (χ1v) is 14.5. The lowest BCUT2D eigenvalue weighted by atomic mass is 9.88. The molecule has 1 fully saturated rings. The summed E-state index contributed by atoms with van der Waals surface area (Å²) in [5.41, 5.74) is 11.3. The zero-order valence-corrected chi connectivity index (χ0v) is 22.5. The number of amides is 1. The Kier molecular flexibility index (Phi) is 7.87. The fraction of sp³-hybridized carbons (Fsp3) is 0.464. The number of H-pyrrole nitrogens is 1. The number of rotatable bonds is 9. The molecule has 4 rings (SSSR count). The molecule has 8 heteroatoms. The zero-order chi connectivity index (χ0) is 26.0. The largest absolute Gasteiger partial charge is 0.366 e. The van der Waals surface area contributed by atoms with Crippen molar-refractivity contribution in [1.29, 1.82) is 0 Å². The molecule has 1 aliphatic rings. The molecule has 194 valence electrons. The number of aromatic nitrogens is 1. The Morgan fingerprint density at radius 1 is 1.14 bits per heavy atom. The van der Waals surface area contributed by atoms with Crippen LogP contribution in [0.2, 0.25) is 0 Å². The molecule has 7 nitrogen and oxygen atoms in total. The Balaban J connectivity index is 1.69. The van der Waals surface area contributed by atoms with Gasteiger partial charge in [0.1, 0.15) is 0 Å². The maximum Gasteiger partial charge on any atom is 0.250 e. The van der Waals surface area contributed by atoms with Crippen molar-refractivity contribution < 1.29 is 13.2 Å². The Morgan fingerprint density at radius 3 is 2.50 bits per heavy atom. The van der Waals surface area contributed by atoms with E-state index in [4.69, 9.17) is 5.73 Å². The summed E-state index contributed by atoms with van der Waals surface area (Å²) in [5.74, 6) is 0.435. The number of primary amides is 1. The fourth-order valence-electron chi connectivity index (χ4n) is 5.10. The molecule has 1 aromatic heterocycles. The number of carbonyl (C=O) groups excluding carboxylic acids is 1. The maximum atomic E-state index is 12.4. The van der Waals surface area contributed by atoms with Gasteiger partial charge in [-0.25, -0.2) is 12.7 Å². The van der Waals surface area contributed by atoms with E-state index in [1.165, 1.54) is 5.56 Å². The summed E-state index contributed by atoms with van der Waals surface area (Å²) in [6.45, 7) is 10.2. The van der Waals surface area contributed by atoms with Crippen molar-refractivity contribution in [2.75, 3.05) is 25.4 Å². The summed E-state index contributed by atoms with van der Waals surface area (Å²) in [5, 5.41) is 4.56. The van der Waals surface area contributed by atoms with Crippen molar-refractivity contribution in [2.45, 2.75) is 52.5 Å². The van der Waals surface area contributed by atoms with E-state index < -0.39 is 15.9 Å². The number of fused-ring (bicyclic) bond motifs is 1. The molecule has 2 aromatic carbocycles. The van der Waals surface area contributed by atoms with Gasteiger partial charge in [-0.15, -0.1) is 0 Å². The Bertz CT molecular complexity index is 1340. The molecule has 1 atom stereocenters. The topological polar surface area (TPSA) is 108 Å². The van der Waals surface area contributed by atoms with Crippen LogP contribution in [0.3, 0.4) is 0 Å². The smallest absolute Gasteiger partial charge is 0.250 e. The number of hydrogen-bond acceptors (Lipinski definition) is 4. The van der Waals surface area contributed by atoms with E-state index in [0.717, 1.165) is 47.0 Å². The molecule has 0 saturated carbocycles. The molecular weight excluding hydrogens is 472 g/mol. The zero-order valence-electron chi connectivity index (χ0n) is 21.7. The summed E-state index contributed by atoms with van der Waals surface area (Å²) in [6.07, 6.45) is 3.46. The normalized spacial score (nSPS) is 16.6. The van der Waals surface area contributed by atoms with Crippen LogP contribution in [0.15, 0.2) is 42.6 Å². The van der Waals surface area contributed by atoms with E-state index in [0.29, 0.717) is 24.6 Å². The number of sulfonamides is 1. The average molecular weight is 511 g/mol. The van der Waals surface area contributed by atoms with E-state index in [-0.39, 0.29) is 17.7 Å². The standard InChI is InChI=1S/C28H38N4O3S/c1-5-36(34,35)32-11-9-20(10-12-32)26-17-31-27-24(26)14-23(15-25(27)28(29)33)22-8-6-7-21(13-22)19(4)30-16-18(2)3/h6-8,13-15,17-20,30-31H,5,9-12,16H2,1-4H3,(H2,29,33). The average Bonchev–Trinajstić information content (AvgIpc) is 3.30. The highest BCUT2D eigenvalue weighted by Crippen LogP contribution is 2.37. The summed E-state index contributed by atoms with van der Waals surface area (Å²) in [7, 11) is -3.18. The van der Waals surface area contributed by atoms with Gasteiger partial charge in [-0.1, -0.05) is 32.0 Å². The summed E-state index contributed by atoms with van der Waals surface area (Å²) < 4.78 is 26.2. The van der Waals surface area contributed by atoms with Crippen LogP contribution in [-0.2, 0) is 10.0 Å². The molecular formula is C28H38N4O3S. The van der Waals surface area contributed by atoms with Crippen LogP contribution in [0.4, 0.5) is 0 Å². The summed E-state index contributed by atoms with van der Waals surface area (Å²) in [6, 6.07) is 12.6. The molecule has 3 aromatic rings. The third-order valence-electron chi connectivity index (χ3n) is 7.29.